The highest BCUT2D eigenvalue weighted by molar-refractivity contribution is 6.06. The van der Waals surface area contributed by atoms with Crippen LogP contribution < -0.4 is 5.32 Å². The molecule has 3 aromatic rings. The van der Waals surface area contributed by atoms with E-state index >= 15 is 0 Å². The Bertz CT molecular complexity index is 955. The Balaban J connectivity index is 1.57. The van der Waals surface area contributed by atoms with Crippen LogP contribution in [0.25, 0.3) is 11.3 Å². The molecule has 1 saturated heterocycles. The van der Waals surface area contributed by atoms with Crippen LogP contribution in [0.5, 0.6) is 0 Å². The molecule has 2 aromatic heterocycles. The van der Waals surface area contributed by atoms with Crippen LogP contribution in [0, 0.1) is 0 Å². The molecule has 130 valence electrons. The number of benzene rings is 1. The van der Waals surface area contributed by atoms with E-state index in [2.05, 4.69) is 15.5 Å². The number of imide groups is 1. The molecule has 26 heavy (non-hydrogen) atoms. The zero-order valence-electron chi connectivity index (χ0n) is 14.0. The number of hydrogen-bond donors (Lipinski definition) is 1. The van der Waals surface area contributed by atoms with Crippen molar-refractivity contribution in [2.75, 3.05) is 0 Å². The van der Waals surface area contributed by atoms with Crippen molar-refractivity contribution in [3.05, 3.63) is 72.2 Å². The summed E-state index contributed by atoms with van der Waals surface area (Å²) in [7, 11) is 0. The van der Waals surface area contributed by atoms with Gasteiger partial charge in [-0.2, -0.15) is 0 Å². The predicted octanol–water partition coefficient (Wildman–Crippen LogP) is 2.70. The number of nitrogens with zero attached hydrogens (tertiary/aromatic N) is 3. The minimum Gasteiger partial charge on any atom is -0.359 e. The molecule has 1 fully saturated rings. The fourth-order valence-corrected chi connectivity index (χ4v) is 2.96. The van der Waals surface area contributed by atoms with Crippen molar-refractivity contribution in [2.45, 2.75) is 19.0 Å². The average molecular weight is 348 g/mol. The van der Waals surface area contributed by atoms with E-state index in [0.717, 1.165) is 10.5 Å². The highest BCUT2D eigenvalue weighted by Gasteiger charge is 2.50. The van der Waals surface area contributed by atoms with E-state index in [0.29, 0.717) is 17.1 Å². The molecule has 1 aliphatic heterocycles. The van der Waals surface area contributed by atoms with E-state index in [9.17, 15) is 9.59 Å². The largest absolute Gasteiger partial charge is 0.359 e. The van der Waals surface area contributed by atoms with Crippen LogP contribution in [0.4, 0.5) is 4.79 Å². The van der Waals surface area contributed by atoms with Crippen LogP contribution in [0.3, 0.4) is 0 Å². The Morgan fingerprint density at radius 2 is 1.88 bits per heavy atom. The van der Waals surface area contributed by atoms with Gasteiger partial charge in [-0.15, -0.1) is 0 Å². The smallest absolute Gasteiger partial charge is 0.325 e. The van der Waals surface area contributed by atoms with E-state index in [1.807, 2.05) is 30.3 Å². The second kappa shape index (κ2) is 6.11. The first kappa shape index (κ1) is 16.0. The predicted molar refractivity (Wildman–Crippen MR) is 92.6 cm³/mol. The number of nitrogens with one attached hydrogen (secondary N) is 1. The minimum atomic E-state index is -1.19. The van der Waals surface area contributed by atoms with Crippen molar-refractivity contribution in [1.82, 2.24) is 20.4 Å². The number of amides is 3. The fourth-order valence-electron chi connectivity index (χ4n) is 2.96. The number of aromatic nitrogens is 2. The summed E-state index contributed by atoms with van der Waals surface area (Å²) in [5.41, 5.74) is 0.849. The van der Waals surface area contributed by atoms with Crippen LogP contribution in [0.2, 0.25) is 0 Å². The Morgan fingerprint density at radius 1 is 1.12 bits per heavy atom. The molecule has 1 atom stereocenters. The SMILES string of the molecule is CC1(c2ccccn2)NC(=O)N(Cc2cc(-c3ccccc3)no2)C1=O. The lowest BCUT2D eigenvalue weighted by molar-refractivity contribution is -0.131. The van der Waals surface area contributed by atoms with Gasteiger partial charge in [-0.3, -0.25) is 14.7 Å². The second-order valence-corrected chi connectivity index (χ2v) is 6.21. The highest BCUT2D eigenvalue weighted by atomic mass is 16.5. The van der Waals surface area contributed by atoms with Crippen LogP contribution in [-0.2, 0) is 16.9 Å². The Morgan fingerprint density at radius 3 is 2.62 bits per heavy atom. The summed E-state index contributed by atoms with van der Waals surface area (Å²) in [5.74, 6) is 0.0523. The van der Waals surface area contributed by atoms with Gasteiger partial charge in [0, 0.05) is 17.8 Å². The van der Waals surface area contributed by atoms with E-state index in [1.165, 1.54) is 0 Å². The molecule has 1 N–H and O–H groups in total. The summed E-state index contributed by atoms with van der Waals surface area (Å²) >= 11 is 0. The van der Waals surface area contributed by atoms with Crippen molar-refractivity contribution in [3.8, 4) is 11.3 Å². The van der Waals surface area contributed by atoms with Crippen LogP contribution in [0.1, 0.15) is 18.4 Å². The molecular weight excluding hydrogens is 332 g/mol. The van der Waals surface area contributed by atoms with Crippen molar-refractivity contribution in [1.29, 1.82) is 0 Å². The summed E-state index contributed by atoms with van der Waals surface area (Å²) in [5, 5.41) is 6.73. The molecular formula is C19H16N4O3. The maximum absolute atomic E-state index is 12.9. The van der Waals surface area contributed by atoms with Crippen LogP contribution >= 0.6 is 0 Å². The maximum atomic E-state index is 12.9. The normalized spacial score (nSPS) is 19.7. The van der Waals surface area contributed by atoms with Crippen LogP contribution in [-0.4, -0.2) is 27.0 Å². The number of hydrogen-bond acceptors (Lipinski definition) is 5. The monoisotopic (exact) mass is 348 g/mol. The number of carbonyl (C=O) groups is 2. The van der Waals surface area contributed by atoms with Gasteiger partial charge in [-0.05, 0) is 19.1 Å². The van der Waals surface area contributed by atoms with E-state index < -0.39 is 11.6 Å². The van der Waals surface area contributed by atoms with Crippen molar-refractivity contribution in [3.63, 3.8) is 0 Å². The van der Waals surface area contributed by atoms with Crippen LogP contribution in [0.15, 0.2) is 65.3 Å². The first-order valence-corrected chi connectivity index (χ1v) is 8.14. The van der Waals surface area contributed by atoms with Gasteiger partial charge >= 0.3 is 6.03 Å². The Labute approximate surface area is 149 Å². The summed E-state index contributed by atoms with van der Waals surface area (Å²) in [6.07, 6.45) is 1.59. The molecule has 7 heteroatoms. The van der Waals surface area contributed by atoms with E-state index in [1.54, 1.807) is 37.4 Å². The number of urea groups is 1. The molecule has 3 amide bonds. The minimum absolute atomic E-state index is 0.00687. The van der Waals surface area contributed by atoms with Gasteiger partial charge in [0.1, 0.15) is 5.69 Å². The summed E-state index contributed by atoms with van der Waals surface area (Å²) in [6.45, 7) is 1.65. The third-order valence-electron chi connectivity index (χ3n) is 4.39. The molecule has 0 radical (unpaired) electrons. The number of carbonyl (C=O) groups excluding carboxylic acids is 2. The Kier molecular flexibility index (Phi) is 3.76. The molecule has 1 unspecified atom stereocenters. The molecule has 0 spiro atoms. The quantitative estimate of drug-likeness (QED) is 0.732. The maximum Gasteiger partial charge on any atom is 0.325 e. The third kappa shape index (κ3) is 2.63. The van der Waals surface area contributed by atoms with E-state index in [-0.39, 0.29) is 12.5 Å². The third-order valence-corrected chi connectivity index (χ3v) is 4.39. The lowest BCUT2D eigenvalue weighted by Gasteiger charge is -2.20. The molecule has 1 aliphatic rings. The molecule has 3 heterocycles. The first-order valence-electron chi connectivity index (χ1n) is 8.14. The molecule has 0 saturated carbocycles. The molecule has 1 aromatic carbocycles. The zero-order chi connectivity index (χ0) is 18.1. The van der Waals surface area contributed by atoms with Gasteiger partial charge in [0.15, 0.2) is 11.3 Å². The molecule has 7 nitrogen and oxygen atoms in total. The standard InChI is InChI=1S/C19H16N4O3/c1-19(16-9-5-6-10-20-16)17(24)23(18(25)21-19)12-14-11-15(22-26-14)13-7-3-2-4-8-13/h2-11H,12H2,1H3,(H,21,25). The van der Waals surface area contributed by atoms with Crippen molar-refractivity contribution >= 4 is 11.9 Å². The summed E-state index contributed by atoms with van der Waals surface area (Å²) in [4.78, 5) is 30.5. The van der Waals surface area contributed by atoms with Gasteiger partial charge in [0.25, 0.3) is 5.91 Å². The zero-order valence-corrected chi connectivity index (χ0v) is 14.0. The fraction of sp³-hybridized carbons (Fsp3) is 0.158. The molecule has 0 aliphatic carbocycles. The first-order chi connectivity index (χ1) is 12.6. The van der Waals surface area contributed by atoms with Gasteiger partial charge in [0.2, 0.25) is 0 Å². The second-order valence-electron chi connectivity index (χ2n) is 6.21. The van der Waals surface area contributed by atoms with Gasteiger partial charge in [-0.1, -0.05) is 41.6 Å². The van der Waals surface area contributed by atoms with Gasteiger partial charge in [-0.25, -0.2) is 4.79 Å². The molecule has 0 bridgehead atoms. The Hall–Kier alpha value is -3.48. The lowest BCUT2D eigenvalue weighted by Crippen LogP contribution is -2.41. The lowest BCUT2D eigenvalue weighted by atomic mass is 9.97. The summed E-state index contributed by atoms with van der Waals surface area (Å²) in [6, 6.07) is 16.0. The molecule has 4 rings (SSSR count). The van der Waals surface area contributed by atoms with Gasteiger partial charge < -0.3 is 9.84 Å². The topological polar surface area (TPSA) is 88.3 Å². The number of rotatable bonds is 4. The van der Waals surface area contributed by atoms with Crippen molar-refractivity contribution in [2.24, 2.45) is 0 Å². The highest BCUT2D eigenvalue weighted by Crippen LogP contribution is 2.29. The number of pyridine rings is 1. The summed E-state index contributed by atoms with van der Waals surface area (Å²) < 4.78 is 5.31. The van der Waals surface area contributed by atoms with E-state index in [4.69, 9.17) is 4.52 Å². The van der Waals surface area contributed by atoms with Gasteiger partial charge in [0.05, 0.1) is 12.2 Å². The van der Waals surface area contributed by atoms with Crippen molar-refractivity contribution < 1.29 is 14.1 Å². The average Bonchev–Trinajstić information content (AvgIpc) is 3.23.